The molecule has 3 rings (SSSR count). The number of aromatic nitrogens is 3. The minimum atomic E-state index is -0.253. The summed E-state index contributed by atoms with van der Waals surface area (Å²) in [6.45, 7) is 0. The fourth-order valence-electron chi connectivity index (χ4n) is 2.32. The van der Waals surface area contributed by atoms with Crippen molar-refractivity contribution in [3.05, 3.63) is 66.9 Å². The molecule has 0 unspecified atom stereocenters. The van der Waals surface area contributed by atoms with Gasteiger partial charge in [0.2, 0.25) is 5.91 Å². The second-order valence-electron chi connectivity index (χ2n) is 5.31. The summed E-state index contributed by atoms with van der Waals surface area (Å²) >= 11 is 0. The number of carbonyl (C=O) groups is 1. The third-order valence-electron chi connectivity index (χ3n) is 3.62. The number of rotatable bonds is 6. The quantitative estimate of drug-likeness (QED) is 0.692. The number of hydrogen-bond donors (Lipinski definition) is 1. The fourth-order valence-corrected chi connectivity index (χ4v) is 2.32. The van der Waals surface area contributed by atoms with Gasteiger partial charge in [0, 0.05) is 18.5 Å². The lowest BCUT2D eigenvalue weighted by Crippen LogP contribution is -2.08. The Morgan fingerprint density at radius 1 is 1.15 bits per heavy atom. The summed E-state index contributed by atoms with van der Waals surface area (Å²) in [5.74, 6) is 1.71. The molecule has 0 atom stereocenters. The largest absolute Gasteiger partial charge is 0.493 e. The van der Waals surface area contributed by atoms with Gasteiger partial charge in [-0.3, -0.25) is 9.36 Å². The van der Waals surface area contributed by atoms with Crippen molar-refractivity contribution in [1.82, 2.24) is 14.5 Å². The van der Waals surface area contributed by atoms with E-state index in [2.05, 4.69) is 15.3 Å². The van der Waals surface area contributed by atoms with E-state index >= 15 is 0 Å². The van der Waals surface area contributed by atoms with Gasteiger partial charge in [-0.1, -0.05) is 6.07 Å². The number of hydrogen-bond acceptors (Lipinski definition) is 5. The van der Waals surface area contributed by atoms with Gasteiger partial charge in [0.25, 0.3) is 0 Å². The third kappa shape index (κ3) is 4.07. The van der Waals surface area contributed by atoms with E-state index in [0.717, 1.165) is 11.4 Å². The first-order chi connectivity index (χ1) is 12.7. The third-order valence-corrected chi connectivity index (χ3v) is 3.62. The van der Waals surface area contributed by atoms with E-state index in [4.69, 9.17) is 9.47 Å². The van der Waals surface area contributed by atoms with E-state index in [0.29, 0.717) is 17.2 Å². The van der Waals surface area contributed by atoms with Gasteiger partial charge >= 0.3 is 0 Å². The SMILES string of the molecule is COc1ccc(/C=C/C(=O)Nc2ccc(-n3ccnc3)nc2)cc1OC. The molecule has 0 aliphatic heterocycles. The second-order valence-corrected chi connectivity index (χ2v) is 5.31. The Hall–Kier alpha value is -3.61. The number of nitrogens with zero attached hydrogens (tertiary/aromatic N) is 3. The minimum Gasteiger partial charge on any atom is -0.493 e. The Labute approximate surface area is 150 Å². The molecule has 2 aromatic heterocycles. The van der Waals surface area contributed by atoms with Crippen LogP contribution in [-0.2, 0) is 4.79 Å². The lowest BCUT2D eigenvalue weighted by molar-refractivity contribution is -0.111. The van der Waals surface area contributed by atoms with Crippen LogP contribution in [0.2, 0.25) is 0 Å². The maximum absolute atomic E-state index is 12.1. The molecule has 0 aliphatic rings. The Bertz CT molecular complexity index is 903. The average Bonchev–Trinajstić information content (AvgIpc) is 3.21. The van der Waals surface area contributed by atoms with Crippen LogP contribution in [-0.4, -0.2) is 34.7 Å². The van der Waals surface area contributed by atoms with Gasteiger partial charge in [0.1, 0.15) is 12.1 Å². The van der Waals surface area contributed by atoms with Gasteiger partial charge in [-0.25, -0.2) is 9.97 Å². The highest BCUT2D eigenvalue weighted by Gasteiger charge is 2.04. The predicted octanol–water partition coefficient (Wildman–Crippen LogP) is 2.94. The number of imidazole rings is 1. The van der Waals surface area contributed by atoms with Crippen molar-refractivity contribution < 1.29 is 14.3 Å². The molecule has 26 heavy (non-hydrogen) atoms. The molecule has 7 heteroatoms. The molecule has 1 aromatic carbocycles. The molecular formula is C19H18N4O3. The molecule has 0 spiro atoms. The van der Waals surface area contributed by atoms with E-state index in [1.54, 1.807) is 74.0 Å². The topological polar surface area (TPSA) is 78.3 Å². The molecule has 1 N–H and O–H groups in total. The number of carbonyl (C=O) groups excluding carboxylic acids is 1. The molecule has 0 radical (unpaired) electrons. The molecule has 132 valence electrons. The maximum Gasteiger partial charge on any atom is 0.248 e. The summed E-state index contributed by atoms with van der Waals surface area (Å²) in [6, 6.07) is 9.01. The normalized spacial score (nSPS) is 10.7. The number of ether oxygens (including phenoxy) is 2. The highest BCUT2D eigenvalue weighted by Crippen LogP contribution is 2.27. The molecule has 0 aliphatic carbocycles. The first kappa shape index (κ1) is 17.2. The summed E-state index contributed by atoms with van der Waals surface area (Å²) in [5, 5.41) is 2.77. The summed E-state index contributed by atoms with van der Waals surface area (Å²) in [6.07, 6.45) is 9.88. The van der Waals surface area contributed by atoms with Crippen LogP contribution in [0.15, 0.2) is 61.3 Å². The summed E-state index contributed by atoms with van der Waals surface area (Å²) in [4.78, 5) is 20.3. The van der Waals surface area contributed by atoms with E-state index in [9.17, 15) is 4.79 Å². The minimum absolute atomic E-state index is 0.253. The molecule has 0 saturated carbocycles. The molecule has 2 heterocycles. The Morgan fingerprint density at radius 3 is 2.65 bits per heavy atom. The van der Waals surface area contributed by atoms with Gasteiger partial charge in [0.05, 0.1) is 26.1 Å². The zero-order chi connectivity index (χ0) is 18.4. The zero-order valence-corrected chi connectivity index (χ0v) is 14.4. The lowest BCUT2D eigenvalue weighted by atomic mass is 10.2. The van der Waals surface area contributed by atoms with Crippen molar-refractivity contribution in [3.8, 4) is 17.3 Å². The van der Waals surface area contributed by atoms with Crippen molar-refractivity contribution in [2.24, 2.45) is 0 Å². The number of pyridine rings is 1. The smallest absolute Gasteiger partial charge is 0.248 e. The van der Waals surface area contributed by atoms with Gasteiger partial charge < -0.3 is 14.8 Å². The molecular weight excluding hydrogens is 332 g/mol. The van der Waals surface area contributed by atoms with Gasteiger partial charge in [0.15, 0.2) is 11.5 Å². The van der Waals surface area contributed by atoms with Crippen LogP contribution in [0.25, 0.3) is 11.9 Å². The van der Waals surface area contributed by atoms with Crippen molar-refractivity contribution in [1.29, 1.82) is 0 Å². The number of methoxy groups -OCH3 is 2. The van der Waals surface area contributed by atoms with E-state index in [1.807, 2.05) is 6.07 Å². The predicted molar refractivity (Wildman–Crippen MR) is 98.6 cm³/mol. The standard InChI is InChI=1S/C19H18N4O3/c1-25-16-6-3-14(11-17(16)26-2)4-8-19(24)22-15-5-7-18(21-12-15)23-10-9-20-13-23/h3-13H,1-2H3,(H,22,24)/b8-4+. The van der Waals surface area contributed by atoms with Crippen LogP contribution in [0.4, 0.5) is 5.69 Å². The summed E-state index contributed by atoms with van der Waals surface area (Å²) in [5.41, 5.74) is 1.43. The number of benzene rings is 1. The first-order valence-electron chi connectivity index (χ1n) is 7.85. The van der Waals surface area contributed by atoms with Gasteiger partial charge in [-0.2, -0.15) is 0 Å². The molecule has 7 nitrogen and oxygen atoms in total. The highest BCUT2D eigenvalue weighted by molar-refractivity contribution is 6.01. The van der Waals surface area contributed by atoms with Crippen LogP contribution < -0.4 is 14.8 Å². The summed E-state index contributed by atoms with van der Waals surface area (Å²) in [7, 11) is 3.14. The highest BCUT2D eigenvalue weighted by atomic mass is 16.5. The van der Waals surface area contributed by atoms with Gasteiger partial charge in [-0.15, -0.1) is 0 Å². The number of nitrogens with one attached hydrogen (secondary N) is 1. The second kappa shape index (κ2) is 7.98. The van der Waals surface area contributed by atoms with Crippen LogP contribution in [0.1, 0.15) is 5.56 Å². The number of amides is 1. The van der Waals surface area contributed by atoms with Gasteiger partial charge in [-0.05, 0) is 35.9 Å². The first-order valence-corrected chi connectivity index (χ1v) is 7.85. The van der Waals surface area contributed by atoms with Crippen LogP contribution >= 0.6 is 0 Å². The maximum atomic E-state index is 12.1. The summed E-state index contributed by atoms with van der Waals surface area (Å²) < 4.78 is 12.2. The fraction of sp³-hybridized carbons (Fsp3) is 0.105. The monoisotopic (exact) mass is 350 g/mol. The van der Waals surface area contributed by atoms with E-state index in [1.165, 1.54) is 6.08 Å². The van der Waals surface area contributed by atoms with Crippen LogP contribution in [0.3, 0.4) is 0 Å². The Balaban J connectivity index is 1.64. The van der Waals surface area contributed by atoms with E-state index < -0.39 is 0 Å². The van der Waals surface area contributed by atoms with Crippen molar-refractivity contribution in [3.63, 3.8) is 0 Å². The van der Waals surface area contributed by atoms with Crippen LogP contribution in [0.5, 0.6) is 11.5 Å². The molecule has 3 aromatic rings. The van der Waals surface area contributed by atoms with E-state index in [-0.39, 0.29) is 5.91 Å². The van der Waals surface area contributed by atoms with Crippen molar-refractivity contribution in [2.75, 3.05) is 19.5 Å². The van der Waals surface area contributed by atoms with Crippen LogP contribution in [0, 0.1) is 0 Å². The zero-order valence-electron chi connectivity index (χ0n) is 14.4. The molecule has 0 saturated heterocycles. The number of anilines is 1. The Kier molecular flexibility index (Phi) is 5.28. The van der Waals surface area contributed by atoms with Crippen molar-refractivity contribution >= 4 is 17.7 Å². The average molecular weight is 350 g/mol. The van der Waals surface area contributed by atoms with Crippen molar-refractivity contribution in [2.45, 2.75) is 0 Å². The molecule has 0 bridgehead atoms. The molecule has 1 amide bonds. The molecule has 0 fully saturated rings. The Morgan fingerprint density at radius 2 is 2.00 bits per heavy atom. The lowest BCUT2D eigenvalue weighted by Gasteiger charge is -2.07.